The maximum atomic E-state index is 13.5. The van der Waals surface area contributed by atoms with E-state index >= 15 is 0 Å². The van der Waals surface area contributed by atoms with Gasteiger partial charge in [0.25, 0.3) is 5.91 Å². The maximum absolute atomic E-state index is 13.5. The Bertz CT molecular complexity index is 723. The number of nitrogens with two attached hydrogens (primary N) is 2. The molecular formula is C13H10FN5O. The number of carbonyl (C=O) groups excluding carboxylic acids is 1. The van der Waals surface area contributed by atoms with Crippen molar-refractivity contribution in [3.63, 3.8) is 0 Å². The first kappa shape index (κ1) is 13.3. The van der Waals surface area contributed by atoms with Crippen LogP contribution >= 0.6 is 0 Å². The number of nitrogens with one attached hydrogen (secondary N) is 1. The number of rotatable bonds is 3. The van der Waals surface area contributed by atoms with E-state index in [0.29, 0.717) is 0 Å². The highest BCUT2D eigenvalue weighted by atomic mass is 19.1. The summed E-state index contributed by atoms with van der Waals surface area (Å²) in [5, 5.41) is 11.6. The molecule has 0 spiro atoms. The number of anilines is 3. The third-order valence-electron chi connectivity index (χ3n) is 2.55. The van der Waals surface area contributed by atoms with E-state index in [4.69, 9.17) is 16.7 Å². The second-order valence-corrected chi connectivity index (χ2v) is 3.93. The van der Waals surface area contributed by atoms with Crippen LogP contribution in [0.1, 0.15) is 15.9 Å². The highest BCUT2D eigenvalue weighted by Crippen LogP contribution is 2.24. The van der Waals surface area contributed by atoms with Crippen molar-refractivity contribution in [2.75, 3.05) is 11.1 Å². The number of nitriles is 1. The monoisotopic (exact) mass is 271 g/mol. The summed E-state index contributed by atoms with van der Waals surface area (Å²) in [5.74, 6) is -1.30. The minimum atomic E-state index is -0.734. The van der Waals surface area contributed by atoms with Crippen molar-refractivity contribution in [2.24, 2.45) is 5.73 Å². The van der Waals surface area contributed by atoms with E-state index in [1.807, 2.05) is 0 Å². The Morgan fingerprint density at radius 1 is 1.45 bits per heavy atom. The Hall–Kier alpha value is -3.14. The molecule has 0 unspecified atom stereocenters. The number of hydrogen-bond acceptors (Lipinski definition) is 5. The molecule has 0 atom stereocenters. The Morgan fingerprint density at radius 2 is 2.20 bits per heavy atom. The van der Waals surface area contributed by atoms with Crippen molar-refractivity contribution in [3.8, 4) is 6.07 Å². The summed E-state index contributed by atoms with van der Waals surface area (Å²) in [6, 6.07) is 7.17. The van der Waals surface area contributed by atoms with Gasteiger partial charge in [-0.15, -0.1) is 0 Å². The van der Waals surface area contributed by atoms with Gasteiger partial charge in [-0.05, 0) is 18.2 Å². The average Bonchev–Trinajstić information content (AvgIpc) is 2.41. The van der Waals surface area contributed by atoms with Crippen LogP contribution in [0.4, 0.5) is 21.6 Å². The van der Waals surface area contributed by atoms with Crippen LogP contribution in [0.5, 0.6) is 0 Å². The summed E-state index contributed by atoms with van der Waals surface area (Å²) in [5.41, 5.74) is 11.1. The first-order valence-electron chi connectivity index (χ1n) is 5.54. The molecule has 0 aliphatic heterocycles. The molecule has 0 aliphatic carbocycles. The number of halogens is 1. The zero-order valence-electron chi connectivity index (χ0n) is 10.2. The topological polar surface area (TPSA) is 118 Å². The van der Waals surface area contributed by atoms with Crippen LogP contribution in [-0.2, 0) is 0 Å². The molecule has 0 saturated heterocycles. The van der Waals surface area contributed by atoms with Crippen LogP contribution in [0.2, 0.25) is 0 Å². The van der Waals surface area contributed by atoms with Crippen LogP contribution in [0.15, 0.2) is 30.5 Å². The van der Waals surface area contributed by atoms with E-state index in [1.165, 1.54) is 24.4 Å². The Labute approximate surface area is 113 Å². The van der Waals surface area contributed by atoms with E-state index < -0.39 is 11.7 Å². The molecule has 0 fully saturated rings. The molecule has 1 heterocycles. The highest BCUT2D eigenvalue weighted by Gasteiger charge is 2.13. The molecule has 0 aliphatic rings. The quantitative estimate of drug-likeness (QED) is 0.782. The highest BCUT2D eigenvalue weighted by molar-refractivity contribution is 5.99. The molecule has 1 aromatic carbocycles. The summed E-state index contributed by atoms with van der Waals surface area (Å²) < 4.78 is 13.5. The molecule has 0 bridgehead atoms. The van der Waals surface area contributed by atoms with E-state index in [9.17, 15) is 9.18 Å². The van der Waals surface area contributed by atoms with Crippen LogP contribution in [0.3, 0.4) is 0 Å². The fourth-order valence-corrected chi connectivity index (χ4v) is 1.64. The van der Waals surface area contributed by atoms with Gasteiger partial charge >= 0.3 is 0 Å². The van der Waals surface area contributed by atoms with Crippen molar-refractivity contribution < 1.29 is 9.18 Å². The predicted molar refractivity (Wildman–Crippen MR) is 71.6 cm³/mol. The number of pyridine rings is 1. The molecule has 2 aromatic rings. The number of amides is 1. The van der Waals surface area contributed by atoms with E-state index in [0.717, 1.165) is 6.07 Å². The maximum Gasteiger partial charge on any atom is 0.252 e. The van der Waals surface area contributed by atoms with E-state index in [1.54, 1.807) is 6.07 Å². The Morgan fingerprint density at radius 3 is 2.85 bits per heavy atom. The lowest BCUT2D eigenvalue weighted by Crippen LogP contribution is -2.15. The summed E-state index contributed by atoms with van der Waals surface area (Å²) in [6.45, 7) is 0. The van der Waals surface area contributed by atoms with Gasteiger partial charge in [-0.3, -0.25) is 4.79 Å². The molecule has 5 N–H and O–H groups in total. The molecular weight excluding hydrogens is 261 g/mol. The molecule has 1 aromatic heterocycles. The standard InChI is InChI=1S/C13H10FN5O/c14-10-2-1-3-11(9(10)5-15)19-13-8(12(17)20)4-7(16)6-18-13/h1-4,6H,16H2,(H2,17,20)(H,18,19). The normalized spacial score (nSPS) is 9.80. The predicted octanol–water partition coefficient (Wildman–Crippen LogP) is 1.52. The molecule has 6 nitrogen and oxygen atoms in total. The second-order valence-electron chi connectivity index (χ2n) is 3.93. The van der Waals surface area contributed by atoms with Gasteiger partial charge in [0.2, 0.25) is 0 Å². The summed E-state index contributed by atoms with van der Waals surface area (Å²) in [7, 11) is 0. The molecule has 100 valence electrons. The van der Waals surface area contributed by atoms with Gasteiger partial charge < -0.3 is 16.8 Å². The number of primary amides is 1. The number of nitrogen functional groups attached to an aromatic ring is 1. The number of benzene rings is 1. The van der Waals surface area contributed by atoms with Crippen LogP contribution in [-0.4, -0.2) is 10.9 Å². The van der Waals surface area contributed by atoms with E-state index in [2.05, 4.69) is 10.3 Å². The van der Waals surface area contributed by atoms with Gasteiger partial charge in [0.05, 0.1) is 23.1 Å². The van der Waals surface area contributed by atoms with Gasteiger partial charge in [0.1, 0.15) is 23.3 Å². The third kappa shape index (κ3) is 2.49. The van der Waals surface area contributed by atoms with Crippen molar-refractivity contribution >= 4 is 23.1 Å². The SMILES string of the molecule is N#Cc1c(F)cccc1Nc1ncc(N)cc1C(N)=O. The van der Waals surface area contributed by atoms with Gasteiger partial charge in [-0.2, -0.15) is 5.26 Å². The number of hydrogen-bond donors (Lipinski definition) is 3. The van der Waals surface area contributed by atoms with Crippen molar-refractivity contribution in [3.05, 3.63) is 47.4 Å². The first-order chi connectivity index (χ1) is 9.52. The summed E-state index contributed by atoms with van der Waals surface area (Å²) in [6.07, 6.45) is 1.32. The zero-order chi connectivity index (χ0) is 14.7. The molecule has 7 heteroatoms. The van der Waals surface area contributed by atoms with E-state index in [-0.39, 0.29) is 28.3 Å². The third-order valence-corrected chi connectivity index (χ3v) is 2.55. The van der Waals surface area contributed by atoms with Crippen molar-refractivity contribution in [2.45, 2.75) is 0 Å². The molecule has 20 heavy (non-hydrogen) atoms. The fraction of sp³-hybridized carbons (Fsp3) is 0. The van der Waals surface area contributed by atoms with Gasteiger partial charge in [-0.1, -0.05) is 6.07 Å². The average molecular weight is 271 g/mol. The van der Waals surface area contributed by atoms with Crippen LogP contribution in [0.25, 0.3) is 0 Å². The van der Waals surface area contributed by atoms with Crippen LogP contribution in [0, 0.1) is 17.1 Å². The van der Waals surface area contributed by atoms with Gasteiger partial charge in [-0.25, -0.2) is 9.37 Å². The molecule has 1 amide bonds. The van der Waals surface area contributed by atoms with Gasteiger partial charge in [0.15, 0.2) is 0 Å². The smallest absolute Gasteiger partial charge is 0.252 e. The largest absolute Gasteiger partial charge is 0.397 e. The fourth-order valence-electron chi connectivity index (χ4n) is 1.64. The minimum Gasteiger partial charge on any atom is -0.397 e. The number of nitrogens with zero attached hydrogens (tertiary/aromatic N) is 2. The number of carbonyl (C=O) groups is 1. The van der Waals surface area contributed by atoms with Gasteiger partial charge in [0, 0.05) is 0 Å². The summed E-state index contributed by atoms with van der Waals surface area (Å²) >= 11 is 0. The Kier molecular flexibility index (Phi) is 3.48. The molecule has 0 radical (unpaired) electrons. The molecule has 2 rings (SSSR count). The summed E-state index contributed by atoms with van der Waals surface area (Å²) in [4.78, 5) is 15.3. The lowest BCUT2D eigenvalue weighted by molar-refractivity contribution is 0.100. The second kappa shape index (κ2) is 5.24. The first-order valence-corrected chi connectivity index (χ1v) is 5.54. The lowest BCUT2D eigenvalue weighted by atomic mass is 10.1. The van der Waals surface area contributed by atoms with Crippen LogP contribution < -0.4 is 16.8 Å². The van der Waals surface area contributed by atoms with Crippen molar-refractivity contribution in [1.82, 2.24) is 4.98 Å². The minimum absolute atomic E-state index is 0.0538. The lowest BCUT2D eigenvalue weighted by Gasteiger charge is -2.11. The number of aromatic nitrogens is 1. The van der Waals surface area contributed by atoms with Crippen molar-refractivity contribution in [1.29, 1.82) is 5.26 Å². The molecule has 0 saturated carbocycles. The Balaban J connectivity index is 2.49. The zero-order valence-corrected chi connectivity index (χ0v) is 10.2.